The average molecular weight is 286 g/mol. The van der Waals surface area contributed by atoms with Crippen molar-refractivity contribution in [3.63, 3.8) is 0 Å². The monoisotopic (exact) mass is 286 g/mol. The molecule has 1 saturated carbocycles. The predicted molar refractivity (Wildman–Crippen MR) is 76.7 cm³/mol. The molecule has 0 aromatic heterocycles. The van der Waals surface area contributed by atoms with Crippen LogP contribution in [0.3, 0.4) is 0 Å². The zero-order chi connectivity index (χ0) is 13.0. The molecule has 0 radical (unpaired) electrons. The first-order valence-corrected chi connectivity index (χ1v) is 8.85. The van der Waals surface area contributed by atoms with Gasteiger partial charge in [-0.1, -0.05) is 0 Å². The summed E-state index contributed by atoms with van der Waals surface area (Å²) in [7, 11) is -3.24. The molecular weight excluding hydrogens is 268 g/mol. The molecule has 0 bridgehead atoms. The average Bonchev–Trinajstić information content (AvgIpc) is 3.13. The molecule has 18 heavy (non-hydrogen) atoms. The van der Waals surface area contributed by atoms with Crippen molar-refractivity contribution in [1.29, 1.82) is 0 Å². The van der Waals surface area contributed by atoms with Crippen molar-refractivity contribution in [1.82, 2.24) is 5.32 Å². The van der Waals surface area contributed by atoms with Gasteiger partial charge in [0.2, 0.25) is 10.0 Å². The largest absolute Gasteiger partial charge is 0.313 e. The summed E-state index contributed by atoms with van der Waals surface area (Å²) in [4.78, 5) is 1.12. The summed E-state index contributed by atoms with van der Waals surface area (Å²) in [5.41, 5.74) is 0.624. The minimum Gasteiger partial charge on any atom is -0.313 e. The van der Waals surface area contributed by atoms with Gasteiger partial charge < -0.3 is 5.32 Å². The van der Waals surface area contributed by atoms with Crippen molar-refractivity contribution in [2.24, 2.45) is 0 Å². The van der Waals surface area contributed by atoms with Crippen LogP contribution in [0.1, 0.15) is 12.8 Å². The fourth-order valence-corrected chi connectivity index (χ4v) is 2.97. The third-order valence-electron chi connectivity index (χ3n) is 2.74. The Kier molecular flexibility index (Phi) is 4.53. The Labute approximate surface area is 113 Å². The molecule has 0 amide bonds. The number of rotatable bonds is 7. The quantitative estimate of drug-likeness (QED) is 0.752. The molecule has 1 aliphatic carbocycles. The molecule has 0 aliphatic heterocycles. The van der Waals surface area contributed by atoms with Crippen molar-refractivity contribution in [2.45, 2.75) is 23.8 Å². The van der Waals surface area contributed by atoms with Crippen LogP contribution >= 0.6 is 11.8 Å². The molecule has 0 heterocycles. The van der Waals surface area contributed by atoms with Gasteiger partial charge in [-0.2, -0.15) is 0 Å². The second-order valence-electron chi connectivity index (χ2n) is 4.38. The fraction of sp³-hybridized carbons (Fsp3) is 0.500. The van der Waals surface area contributed by atoms with E-state index >= 15 is 0 Å². The molecule has 0 saturated heterocycles. The summed E-state index contributed by atoms with van der Waals surface area (Å²) in [6, 6.07) is 7.94. The predicted octanol–water partition coefficient (Wildman–Crippen LogP) is 1.90. The maximum absolute atomic E-state index is 11.8. The minimum absolute atomic E-state index is 0.119. The number of thioether (sulfide) groups is 1. The van der Waals surface area contributed by atoms with Crippen LogP contribution in [0.15, 0.2) is 29.2 Å². The molecule has 2 N–H and O–H groups in total. The highest BCUT2D eigenvalue weighted by Crippen LogP contribution is 2.19. The Balaban J connectivity index is 1.84. The van der Waals surface area contributed by atoms with E-state index in [1.165, 1.54) is 12.8 Å². The lowest BCUT2D eigenvalue weighted by molar-refractivity contribution is 0.595. The van der Waals surface area contributed by atoms with Gasteiger partial charge in [-0.15, -0.1) is 11.8 Å². The second-order valence-corrected chi connectivity index (χ2v) is 7.10. The summed E-state index contributed by atoms with van der Waals surface area (Å²) in [6.07, 6.45) is 4.33. The van der Waals surface area contributed by atoms with Gasteiger partial charge in [0.15, 0.2) is 0 Å². The van der Waals surface area contributed by atoms with Crippen LogP contribution in [0.4, 0.5) is 5.69 Å². The molecule has 2 rings (SSSR count). The van der Waals surface area contributed by atoms with E-state index in [0.717, 1.165) is 4.90 Å². The normalized spacial score (nSPS) is 15.6. The van der Waals surface area contributed by atoms with E-state index in [1.807, 2.05) is 18.4 Å². The number of hydrogen-bond acceptors (Lipinski definition) is 4. The maximum Gasteiger partial charge on any atom is 0.233 e. The van der Waals surface area contributed by atoms with Crippen LogP contribution in [-0.2, 0) is 10.0 Å². The molecule has 4 nitrogen and oxygen atoms in total. The molecule has 1 aromatic carbocycles. The van der Waals surface area contributed by atoms with Crippen molar-refractivity contribution in [3.8, 4) is 0 Å². The van der Waals surface area contributed by atoms with Crippen LogP contribution < -0.4 is 10.0 Å². The van der Waals surface area contributed by atoms with E-state index in [4.69, 9.17) is 0 Å². The van der Waals surface area contributed by atoms with Gasteiger partial charge in [0, 0.05) is 23.2 Å². The van der Waals surface area contributed by atoms with Gasteiger partial charge in [-0.05, 0) is 43.4 Å². The zero-order valence-corrected chi connectivity index (χ0v) is 12.0. The van der Waals surface area contributed by atoms with Gasteiger partial charge in [0.05, 0.1) is 5.75 Å². The molecule has 100 valence electrons. The number of benzene rings is 1. The standard InChI is InChI=1S/C12H18N2O2S2/c1-17-12-6-4-11(5-7-12)14-18(15,16)9-8-13-10-2-3-10/h4-7,10,13-14H,2-3,8-9H2,1H3. The third-order valence-corrected chi connectivity index (χ3v) is 4.78. The van der Waals surface area contributed by atoms with Gasteiger partial charge in [-0.3, -0.25) is 4.72 Å². The minimum atomic E-state index is -3.24. The molecule has 0 spiro atoms. The second kappa shape index (κ2) is 5.95. The smallest absolute Gasteiger partial charge is 0.233 e. The van der Waals surface area contributed by atoms with Crippen molar-refractivity contribution >= 4 is 27.5 Å². The molecule has 0 unspecified atom stereocenters. The van der Waals surface area contributed by atoms with E-state index < -0.39 is 10.0 Å². The van der Waals surface area contributed by atoms with E-state index in [2.05, 4.69) is 10.0 Å². The lowest BCUT2D eigenvalue weighted by Crippen LogP contribution is -2.27. The van der Waals surface area contributed by atoms with Crippen LogP contribution in [-0.4, -0.2) is 33.0 Å². The Morgan fingerprint density at radius 2 is 1.94 bits per heavy atom. The van der Waals surface area contributed by atoms with E-state index in [1.54, 1.807) is 23.9 Å². The maximum atomic E-state index is 11.8. The fourth-order valence-electron chi connectivity index (χ4n) is 1.57. The summed E-state index contributed by atoms with van der Waals surface area (Å²) < 4.78 is 26.2. The first kappa shape index (κ1) is 13.7. The van der Waals surface area contributed by atoms with E-state index in [9.17, 15) is 8.42 Å². The highest BCUT2D eigenvalue weighted by atomic mass is 32.2. The number of nitrogens with one attached hydrogen (secondary N) is 2. The number of anilines is 1. The topological polar surface area (TPSA) is 58.2 Å². The van der Waals surface area contributed by atoms with Gasteiger partial charge >= 0.3 is 0 Å². The zero-order valence-electron chi connectivity index (χ0n) is 10.3. The van der Waals surface area contributed by atoms with Gasteiger partial charge in [0.1, 0.15) is 0 Å². The van der Waals surface area contributed by atoms with Crippen LogP contribution in [0.2, 0.25) is 0 Å². The van der Waals surface area contributed by atoms with Crippen LogP contribution in [0, 0.1) is 0 Å². The summed E-state index contributed by atoms with van der Waals surface area (Å²) in [5.74, 6) is 0.119. The van der Waals surface area contributed by atoms with Crippen LogP contribution in [0.5, 0.6) is 0 Å². The Hall–Kier alpha value is -0.720. The van der Waals surface area contributed by atoms with Gasteiger partial charge in [-0.25, -0.2) is 8.42 Å². The van der Waals surface area contributed by atoms with Crippen molar-refractivity contribution in [2.75, 3.05) is 23.3 Å². The third kappa shape index (κ3) is 4.51. The highest BCUT2D eigenvalue weighted by molar-refractivity contribution is 7.98. The van der Waals surface area contributed by atoms with E-state index in [-0.39, 0.29) is 5.75 Å². The van der Waals surface area contributed by atoms with Crippen molar-refractivity contribution in [3.05, 3.63) is 24.3 Å². The number of hydrogen-bond donors (Lipinski definition) is 2. The lowest BCUT2D eigenvalue weighted by Gasteiger charge is -2.08. The Bertz CT molecular complexity index is 481. The van der Waals surface area contributed by atoms with Crippen LogP contribution in [0.25, 0.3) is 0 Å². The Morgan fingerprint density at radius 1 is 1.28 bits per heavy atom. The first-order chi connectivity index (χ1) is 8.59. The lowest BCUT2D eigenvalue weighted by atomic mass is 10.3. The SMILES string of the molecule is CSc1ccc(NS(=O)(=O)CCNC2CC2)cc1. The van der Waals surface area contributed by atoms with Crippen molar-refractivity contribution < 1.29 is 8.42 Å². The summed E-state index contributed by atoms with van der Waals surface area (Å²) in [6.45, 7) is 0.517. The summed E-state index contributed by atoms with van der Waals surface area (Å²) >= 11 is 1.63. The number of sulfonamides is 1. The summed E-state index contributed by atoms with van der Waals surface area (Å²) in [5, 5.41) is 3.19. The molecule has 0 atom stereocenters. The molecule has 1 fully saturated rings. The first-order valence-electron chi connectivity index (χ1n) is 5.97. The molecule has 1 aromatic rings. The molecule has 1 aliphatic rings. The molecule has 6 heteroatoms. The van der Waals surface area contributed by atoms with E-state index in [0.29, 0.717) is 18.3 Å². The molecular formula is C12H18N2O2S2. The highest BCUT2D eigenvalue weighted by Gasteiger charge is 2.21. The van der Waals surface area contributed by atoms with Gasteiger partial charge in [0.25, 0.3) is 0 Å². The Morgan fingerprint density at radius 3 is 2.50 bits per heavy atom.